The summed E-state index contributed by atoms with van der Waals surface area (Å²) < 4.78 is 18.6. The number of ether oxygens (including phenoxy) is 1. The van der Waals surface area contributed by atoms with Crippen molar-refractivity contribution >= 4 is 52.4 Å². The molecule has 0 saturated carbocycles. The van der Waals surface area contributed by atoms with Gasteiger partial charge in [0.2, 0.25) is 0 Å². The normalized spacial score (nSPS) is 11.7. The molecule has 0 aromatic heterocycles. The molecule has 0 aliphatic heterocycles. The van der Waals surface area contributed by atoms with E-state index in [9.17, 15) is 14.0 Å². The summed E-state index contributed by atoms with van der Waals surface area (Å²) in [5.74, 6) is -2.53. The van der Waals surface area contributed by atoms with E-state index in [0.717, 1.165) is 6.07 Å². The maximum absolute atomic E-state index is 13.7. The Morgan fingerprint density at radius 3 is 2.38 bits per heavy atom. The molecule has 0 spiro atoms. The quantitative estimate of drug-likeness (QED) is 0.750. The third-order valence-corrected chi connectivity index (χ3v) is 4.16. The second kappa shape index (κ2) is 7.83. The van der Waals surface area contributed by atoms with Crippen molar-refractivity contribution in [3.63, 3.8) is 0 Å². The van der Waals surface area contributed by atoms with Crippen LogP contribution in [0.4, 0.5) is 10.1 Å². The number of halogens is 4. The van der Waals surface area contributed by atoms with Gasteiger partial charge in [-0.05, 0) is 31.2 Å². The minimum absolute atomic E-state index is 0.106. The number of amides is 1. The molecule has 1 atom stereocenters. The Kier molecular flexibility index (Phi) is 6.04. The summed E-state index contributed by atoms with van der Waals surface area (Å²) in [6, 6.07) is 8.46. The van der Waals surface area contributed by atoms with Crippen LogP contribution in [0, 0.1) is 5.82 Å². The number of rotatable bonds is 4. The molecule has 0 bridgehead atoms. The molecule has 0 fully saturated rings. The first kappa shape index (κ1) is 18.5. The van der Waals surface area contributed by atoms with Gasteiger partial charge in [-0.2, -0.15) is 0 Å². The van der Waals surface area contributed by atoms with Crippen molar-refractivity contribution in [2.75, 3.05) is 5.32 Å². The summed E-state index contributed by atoms with van der Waals surface area (Å²) in [7, 11) is 0. The van der Waals surface area contributed by atoms with Gasteiger partial charge < -0.3 is 10.1 Å². The van der Waals surface area contributed by atoms with Crippen LogP contribution in [0.15, 0.2) is 36.4 Å². The zero-order valence-electron chi connectivity index (χ0n) is 12.3. The second-order valence-corrected chi connectivity index (χ2v) is 5.93. The van der Waals surface area contributed by atoms with Crippen LogP contribution in [0.3, 0.4) is 0 Å². The molecule has 0 radical (unpaired) electrons. The highest BCUT2D eigenvalue weighted by Gasteiger charge is 2.23. The second-order valence-electron chi connectivity index (χ2n) is 4.73. The fraction of sp³-hybridized carbons (Fsp3) is 0.125. The first-order valence-electron chi connectivity index (χ1n) is 6.71. The van der Waals surface area contributed by atoms with E-state index in [2.05, 4.69) is 5.32 Å². The summed E-state index contributed by atoms with van der Waals surface area (Å²) in [6.45, 7) is 1.33. The Hall–Kier alpha value is -1.82. The standard InChI is InChI=1S/C16H11Cl3FNO3/c1-8(15(22)21-12-7-3-5-10(18)14(12)19)24-16(23)13-9(17)4-2-6-11(13)20/h2-8H,1H3,(H,21,22)/t8-/m1/s1. The number of hydrogen-bond acceptors (Lipinski definition) is 3. The number of carbonyl (C=O) groups is 2. The third kappa shape index (κ3) is 4.17. The van der Waals surface area contributed by atoms with Crippen LogP contribution in [0.5, 0.6) is 0 Å². The Balaban J connectivity index is 2.09. The molecule has 0 aliphatic carbocycles. The number of anilines is 1. The Labute approximate surface area is 152 Å². The molecule has 24 heavy (non-hydrogen) atoms. The minimum Gasteiger partial charge on any atom is -0.449 e. The smallest absolute Gasteiger partial charge is 0.343 e. The zero-order valence-corrected chi connectivity index (χ0v) is 14.5. The Morgan fingerprint density at radius 2 is 1.71 bits per heavy atom. The van der Waals surface area contributed by atoms with Gasteiger partial charge in [0.15, 0.2) is 6.10 Å². The van der Waals surface area contributed by atoms with Gasteiger partial charge in [0.25, 0.3) is 5.91 Å². The van der Waals surface area contributed by atoms with Crippen molar-refractivity contribution in [2.24, 2.45) is 0 Å². The van der Waals surface area contributed by atoms with Gasteiger partial charge in [0.1, 0.15) is 11.4 Å². The predicted molar refractivity (Wildman–Crippen MR) is 91.4 cm³/mol. The van der Waals surface area contributed by atoms with Gasteiger partial charge in [0, 0.05) is 0 Å². The first-order valence-corrected chi connectivity index (χ1v) is 7.84. The maximum atomic E-state index is 13.7. The fourth-order valence-electron chi connectivity index (χ4n) is 1.80. The Morgan fingerprint density at radius 1 is 1.08 bits per heavy atom. The van der Waals surface area contributed by atoms with E-state index in [-0.39, 0.29) is 20.8 Å². The topological polar surface area (TPSA) is 55.4 Å². The average Bonchev–Trinajstić information content (AvgIpc) is 2.51. The lowest BCUT2D eigenvalue weighted by atomic mass is 10.2. The van der Waals surface area contributed by atoms with Crippen molar-refractivity contribution in [1.29, 1.82) is 0 Å². The van der Waals surface area contributed by atoms with E-state index in [1.54, 1.807) is 12.1 Å². The van der Waals surface area contributed by atoms with E-state index >= 15 is 0 Å². The molecular weight excluding hydrogens is 380 g/mol. The van der Waals surface area contributed by atoms with E-state index < -0.39 is 29.4 Å². The van der Waals surface area contributed by atoms with E-state index in [1.807, 2.05) is 0 Å². The van der Waals surface area contributed by atoms with Crippen LogP contribution in [0.2, 0.25) is 15.1 Å². The van der Waals surface area contributed by atoms with Crippen LogP contribution < -0.4 is 5.32 Å². The molecule has 8 heteroatoms. The zero-order chi connectivity index (χ0) is 17.9. The number of carbonyl (C=O) groups excluding carboxylic acids is 2. The van der Waals surface area contributed by atoms with Gasteiger partial charge >= 0.3 is 5.97 Å². The number of nitrogens with one attached hydrogen (secondary N) is 1. The van der Waals surface area contributed by atoms with E-state index in [4.69, 9.17) is 39.5 Å². The summed E-state index contributed by atoms with van der Waals surface area (Å²) in [6.07, 6.45) is -1.21. The molecule has 2 aromatic carbocycles. The van der Waals surface area contributed by atoms with Crippen molar-refractivity contribution < 1.29 is 18.7 Å². The molecule has 0 heterocycles. The Bertz CT molecular complexity index is 778. The third-order valence-electron chi connectivity index (χ3n) is 3.03. The molecule has 4 nitrogen and oxygen atoms in total. The summed E-state index contributed by atoms with van der Waals surface area (Å²) >= 11 is 17.6. The van der Waals surface area contributed by atoms with Crippen LogP contribution in [-0.4, -0.2) is 18.0 Å². The molecule has 1 N–H and O–H groups in total. The van der Waals surface area contributed by atoms with Gasteiger partial charge in [-0.3, -0.25) is 4.79 Å². The van der Waals surface area contributed by atoms with Crippen molar-refractivity contribution in [3.8, 4) is 0 Å². The first-order chi connectivity index (χ1) is 11.3. The van der Waals surface area contributed by atoms with E-state index in [0.29, 0.717) is 0 Å². The van der Waals surface area contributed by atoms with Gasteiger partial charge in [0.05, 0.1) is 20.8 Å². The molecule has 126 valence electrons. The highest BCUT2D eigenvalue weighted by Crippen LogP contribution is 2.29. The highest BCUT2D eigenvalue weighted by atomic mass is 35.5. The summed E-state index contributed by atoms with van der Waals surface area (Å²) in [5, 5.41) is 2.79. The largest absolute Gasteiger partial charge is 0.449 e. The lowest BCUT2D eigenvalue weighted by molar-refractivity contribution is -0.123. The maximum Gasteiger partial charge on any atom is 0.343 e. The predicted octanol–water partition coefficient (Wildman–Crippen LogP) is 4.97. The van der Waals surface area contributed by atoms with Gasteiger partial charge in [-0.15, -0.1) is 0 Å². The molecule has 0 saturated heterocycles. The van der Waals surface area contributed by atoms with Crippen molar-refractivity contribution in [2.45, 2.75) is 13.0 Å². The lowest BCUT2D eigenvalue weighted by Crippen LogP contribution is -2.30. The van der Waals surface area contributed by atoms with Crippen molar-refractivity contribution in [3.05, 3.63) is 62.8 Å². The number of esters is 1. The van der Waals surface area contributed by atoms with Gasteiger partial charge in [-0.1, -0.05) is 46.9 Å². The van der Waals surface area contributed by atoms with Crippen LogP contribution in [-0.2, 0) is 9.53 Å². The number of benzene rings is 2. The van der Waals surface area contributed by atoms with Crippen LogP contribution in [0.25, 0.3) is 0 Å². The van der Waals surface area contributed by atoms with Gasteiger partial charge in [-0.25, -0.2) is 9.18 Å². The summed E-state index contributed by atoms with van der Waals surface area (Å²) in [4.78, 5) is 24.1. The van der Waals surface area contributed by atoms with Crippen LogP contribution >= 0.6 is 34.8 Å². The summed E-state index contributed by atoms with van der Waals surface area (Å²) in [5.41, 5.74) is -0.166. The molecule has 0 aliphatic rings. The average molecular weight is 391 g/mol. The monoisotopic (exact) mass is 389 g/mol. The highest BCUT2D eigenvalue weighted by molar-refractivity contribution is 6.44. The van der Waals surface area contributed by atoms with E-state index in [1.165, 1.54) is 25.1 Å². The minimum atomic E-state index is -1.21. The number of hydrogen-bond donors (Lipinski definition) is 1. The SMILES string of the molecule is C[C@@H](OC(=O)c1c(F)cccc1Cl)C(=O)Nc1cccc(Cl)c1Cl. The molecule has 2 rings (SSSR count). The van der Waals surface area contributed by atoms with Crippen molar-refractivity contribution in [1.82, 2.24) is 0 Å². The molecular formula is C16H11Cl3FNO3. The molecule has 1 amide bonds. The van der Waals surface area contributed by atoms with Crippen LogP contribution in [0.1, 0.15) is 17.3 Å². The molecule has 2 aromatic rings. The molecule has 0 unspecified atom stereocenters. The fourth-order valence-corrected chi connectivity index (χ4v) is 2.39. The lowest BCUT2D eigenvalue weighted by Gasteiger charge is -2.15.